The maximum Gasteiger partial charge on any atom is 0.253 e. The minimum Gasteiger partial charge on any atom is -0.492 e. The summed E-state index contributed by atoms with van der Waals surface area (Å²) in [6, 6.07) is 22.4. The van der Waals surface area contributed by atoms with Crippen LogP contribution in [0.15, 0.2) is 72.8 Å². The van der Waals surface area contributed by atoms with Crippen LogP contribution >= 0.6 is 0 Å². The molecule has 1 fully saturated rings. The highest BCUT2D eigenvalue weighted by molar-refractivity contribution is 6.10. The summed E-state index contributed by atoms with van der Waals surface area (Å²) in [5.74, 6) is 0.833. The highest BCUT2D eigenvalue weighted by atomic mass is 16.5. The number of hydrogen-bond donors (Lipinski definition) is 1. The monoisotopic (exact) mass is 426 g/mol. The predicted molar refractivity (Wildman–Crippen MR) is 123 cm³/mol. The standard InChI is InChI=1S/C27H26N2O3/c28-17-19-9-10-24-23(15-19)27(18-32-24)11-13-29(14-12-27)26(31)22-8-4-7-21(16-22)25(30)20-5-2-1-3-6-20/h1-10,15-16H,11-14,17-18,28H2. The molecule has 5 heteroatoms. The molecule has 2 N–H and O–H groups in total. The second-order valence-electron chi connectivity index (χ2n) is 8.67. The lowest BCUT2D eigenvalue weighted by molar-refractivity contribution is 0.0646. The number of likely N-dealkylation sites (tertiary alicyclic amines) is 1. The molecule has 0 unspecified atom stereocenters. The minimum atomic E-state index is -0.0757. The zero-order chi connectivity index (χ0) is 22.1. The maximum absolute atomic E-state index is 13.2. The number of amides is 1. The van der Waals surface area contributed by atoms with Gasteiger partial charge in [-0.3, -0.25) is 9.59 Å². The fourth-order valence-electron chi connectivity index (χ4n) is 4.82. The van der Waals surface area contributed by atoms with Crippen molar-refractivity contribution in [1.82, 2.24) is 4.90 Å². The van der Waals surface area contributed by atoms with Crippen molar-refractivity contribution in [2.45, 2.75) is 24.8 Å². The largest absolute Gasteiger partial charge is 0.492 e. The highest BCUT2D eigenvalue weighted by Crippen LogP contribution is 2.46. The molecule has 0 aromatic heterocycles. The smallest absolute Gasteiger partial charge is 0.253 e. The maximum atomic E-state index is 13.2. The Labute approximate surface area is 187 Å². The van der Waals surface area contributed by atoms with E-state index in [9.17, 15) is 9.59 Å². The quantitative estimate of drug-likeness (QED) is 0.642. The summed E-state index contributed by atoms with van der Waals surface area (Å²) in [7, 11) is 0. The number of nitrogens with zero attached hydrogens (tertiary/aromatic N) is 1. The lowest BCUT2D eigenvalue weighted by Gasteiger charge is -2.38. The molecule has 1 saturated heterocycles. The number of hydrogen-bond acceptors (Lipinski definition) is 4. The minimum absolute atomic E-state index is 0.0302. The van der Waals surface area contributed by atoms with Gasteiger partial charge >= 0.3 is 0 Å². The van der Waals surface area contributed by atoms with Gasteiger partial charge in [-0.25, -0.2) is 0 Å². The first-order valence-electron chi connectivity index (χ1n) is 11.0. The van der Waals surface area contributed by atoms with Crippen molar-refractivity contribution >= 4 is 11.7 Å². The Kier molecular flexibility index (Phi) is 5.27. The molecule has 32 heavy (non-hydrogen) atoms. The van der Waals surface area contributed by atoms with E-state index < -0.39 is 0 Å². The van der Waals surface area contributed by atoms with E-state index in [2.05, 4.69) is 6.07 Å². The molecule has 1 spiro atoms. The summed E-state index contributed by atoms with van der Waals surface area (Å²) in [6.07, 6.45) is 1.70. The second kappa shape index (κ2) is 8.24. The Morgan fingerprint density at radius 2 is 1.59 bits per heavy atom. The Bertz CT molecular complexity index is 1160. The number of carbonyl (C=O) groups is 2. The van der Waals surface area contributed by atoms with Crippen molar-refractivity contribution in [3.05, 3.63) is 101 Å². The second-order valence-corrected chi connectivity index (χ2v) is 8.67. The molecule has 3 aromatic carbocycles. The number of nitrogens with two attached hydrogens (primary N) is 1. The molecule has 0 atom stereocenters. The van der Waals surface area contributed by atoms with Crippen molar-refractivity contribution in [1.29, 1.82) is 0 Å². The lowest BCUT2D eigenvalue weighted by atomic mass is 9.74. The molecule has 2 aliphatic heterocycles. The molecule has 5 rings (SSSR count). The van der Waals surface area contributed by atoms with Gasteiger partial charge in [0.1, 0.15) is 5.75 Å². The molecular formula is C27H26N2O3. The number of ether oxygens (including phenoxy) is 1. The molecule has 2 heterocycles. The molecular weight excluding hydrogens is 400 g/mol. The molecule has 1 amide bonds. The van der Waals surface area contributed by atoms with E-state index in [1.807, 2.05) is 35.2 Å². The van der Waals surface area contributed by atoms with Gasteiger partial charge in [0.25, 0.3) is 5.91 Å². The summed E-state index contributed by atoms with van der Waals surface area (Å²) in [4.78, 5) is 27.9. The van der Waals surface area contributed by atoms with Crippen LogP contribution in [0.4, 0.5) is 0 Å². The van der Waals surface area contributed by atoms with Crippen LogP contribution in [0.3, 0.4) is 0 Å². The first-order chi connectivity index (χ1) is 15.6. The van der Waals surface area contributed by atoms with E-state index >= 15 is 0 Å². The van der Waals surface area contributed by atoms with Crippen LogP contribution in [0.2, 0.25) is 0 Å². The van der Waals surface area contributed by atoms with E-state index in [1.54, 1.807) is 36.4 Å². The van der Waals surface area contributed by atoms with Crippen LogP contribution < -0.4 is 10.5 Å². The lowest BCUT2D eigenvalue weighted by Crippen LogP contribution is -2.46. The molecule has 3 aromatic rings. The topological polar surface area (TPSA) is 72.6 Å². The first-order valence-corrected chi connectivity index (χ1v) is 11.0. The van der Waals surface area contributed by atoms with Crippen LogP contribution in [0, 0.1) is 0 Å². The SMILES string of the molecule is NCc1ccc2c(c1)C1(CCN(C(=O)c3cccc(C(=O)c4ccccc4)c3)CC1)CO2. The summed E-state index contributed by atoms with van der Waals surface area (Å²) in [5, 5.41) is 0. The van der Waals surface area contributed by atoms with Gasteiger partial charge in [-0.15, -0.1) is 0 Å². The van der Waals surface area contributed by atoms with Gasteiger partial charge in [-0.05, 0) is 36.6 Å². The van der Waals surface area contributed by atoms with E-state index in [-0.39, 0.29) is 17.1 Å². The Balaban J connectivity index is 1.32. The summed E-state index contributed by atoms with van der Waals surface area (Å²) < 4.78 is 5.97. The van der Waals surface area contributed by atoms with Gasteiger partial charge < -0.3 is 15.4 Å². The third-order valence-corrected chi connectivity index (χ3v) is 6.77. The molecule has 5 nitrogen and oxygen atoms in total. The van der Waals surface area contributed by atoms with Gasteiger partial charge in [0.2, 0.25) is 0 Å². The number of piperidine rings is 1. The molecule has 0 radical (unpaired) electrons. The Morgan fingerprint density at radius 3 is 2.34 bits per heavy atom. The zero-order valence-corrected chi connectivity index (χ0v) is 17.9. The average Bonchev–Trinajstić information content (AvgIpc) is 3.21. The first kappa shape index (κ1) is 20.5. The number of carbonyl (C=O) groups excluding carboxylic acids is 2. The third-order valence-electron chi connectivity index (χ3n) is 6.77. The molecule has 0 aliphatic carbocycles. The summed E-state index contributed by atoms with van der Waals surface area (Å²) in [5.41, 5.74) is 9.82. The number of fused-ring (bicyclic) bond motifs is 2. The predicted octanol–water partition coefficient (Wildman–Crippen LogP) is 3.94. The van der Waals surface area contributed by atoms with Crippen molar-refractivity contribution in [2.24, 2.45) is 5.73 Å². The average molecular weight is 427 g/mol. The molecule has 0 bridgehead atoms. The third kappa shape index (κ3) is 3.59. The van der Waals surface area contributed by atoms with Gasteiger partial charge in [-0.1, -0.05) is 54.6 Å². The van der Waals surface area contributed by atoms with Crippen molar-refractivity contribution in [3.8, 4) is 5.75 Å². The van der Waals surface area contributed by atoms with Gasteiger partial charge in [0.15, 0.2) is 5.78 Å². The van der Waals surface area contributed by atoms with Crippen molar-refractivity contribution < 1.29 is 14.3 Å². The van der Waals surface area contributed by atoms with Crippen molar-refractivity contribution in [2.75, 3.05) is 19.7 Å². The molecule has 0 saturated carbocycles. The van der Waals surface area contributed by atoms with Crippen LogP contribution in [0.5, 0.6) is 5.75 Å². The Hall–Kier alpha value is -3.44. The molecule has 162 valence electrons. The van der Waals surface area contributed by atoms with E-state index in [1.165, 1.54) is 5.56 Å². The van der Waals surface area contributed by atoms with Gasteiger partial charge in [-0.2, -0.15) is 0 Å². The van der Waals surface area contributed by atoms with Crippen LogP contribution in [-0.2, 0) is 12.0 Å². The number of rotatable bonds is 4. The van der Waals surface area contributed by atoms with Crippen LogP contribution in [0.1, 0.15) is 50.2 Å². The summed E-state index contributed by atoms with van der Waals surface area (Å²) in [6.45, 7) is 2.47. The fourth-order valence-corrected chi connectivity index (χ4v) is 4.82. The summed E-state index contributed by atoms with van der Waals surface area (Å²) >= 11 is 0. The van der Waals surface area contributed by atoms with Gasteiger partial charge in [0.05, 0.1) is 6.61 Å². The molecule has 2 aliphatic rings. The van der Waals surface area contributed by atoms with Crippen molar-refractivity contribution in [3.63, 3.8) is 0 Å². The van der Waals surface area contributed by atoms with Crippen LogP contribution in [-0.4, -0.2) is 36.3 Å². The number of benzene rings is 3. The normalized spacial score (nSPS) is 16.5. The fraction of sp³-hybridized carbons (Fsp3) is 0.259. The highest BCUT2D eigenvalue weighted by Gasteiger charge is 2.44. The Morgan fingerprint density at radius 1 is 0.875 bits per heavy atom. The zero-order valence-electron chi connectivity index (χ0n) is 17.9. The van der Waals surface area contributed by atoms with E-state index in [4.69, 9.17) is 10.5 Å². The van der Waals surface area contributed by atoms with E-state index in [0.717, 1.165) is 24.2 Å². The van der Waals surface area contributed by atoms with Crippen LogP contribution in [0.25, 0.3) is 0 Å². The number of ketones is 1. The van der Waals surface area contributed by atoms with E-state index in [0.29, 0.717) is 42.9 Å². The van der Waals surface area contributed by atoms with Gasteiger partial charge in [0, 0.05) is 47.3 Å².